The fraction of sp³-hybridized carbons (Fsp3) is 0.462. The van der Waals surface area contributed by atoms with Crippen LogP contribution in [0.2, 0.25) is 0 Å². The Kier molecular flexibility index (Phi) is 3.64. The van der Waals surface area contributed by atoms with Gasteiger partial charge in [-0.3, -0.25) is 4.79 Å². The summed E-state index contributed by atoms with van der Waals surface area (Å²) in [6, 6.07) is 5.29. The quantitative estimate of drug-likeness (QED) is 0.837. The van der Waals surface area contributed by atoms with Crippen LogP contribution in [-0.4, -0.2) is 24.2 Å². The summed E-state index contributed by atoms with van der Waals surface area (Å²) in [5.41, 5.74) is 1.28. The minimum atomic E-state index is -0.513. The van der Waals surface area contributed by atoms with Crippen LogP contribution in [0.4, 0.5) is 0 Å². The van der Waals surface area contributed by atoms with E-state index in [0.717, 1.165) is 12.0 Å². The average Bonchev–Trinajstić information content (AvgIpc) is 2.51. The van der Waals surface area contributed by atoms with Crippen LogP contribution in [0.1, 0.15) is 41.8 Å². The van der Waals surface area contributed by atoms with Crippen LogP contribution in [0.3, 0.4) is 0 Å². The largest absolute Gasteiger partial charge is 0.491 e. The van der Waals surface area contributed by atoms with Gasteiger partial charge in [0.25, 0.3) is 5.91 Å². The number of hydrogen-bond acceptors (Lipinski definition) is 3. The molecule has 4 heteroatoms. The number of hydrogen-bond donors (Lipinski definition) is 2. The number of aliphatic hydroxyl groups is 1. The highest BCUT2D eigenvalue weighted by Crippen LogP contribution is 2.26. The number of rotatable bonds is 3. The van der Waals surface area contributed by atoms with Crippen molar-refractivity contribution >= 4 is 5.91 Å². The molecule has 92 valence electrons. The van der Waals surface area contributed by atoms with Gasteiger partial charge in [-0.1, -0.05) is 19.4 Å². The van der Waals surface area contributed by atoms with Gasteiger partial charge in [-0.2, -0.15) is 0 Å². The third kappa shape index (κ3) is 2.58. The number of amides is 1. The first-order valence-electron chi connectivity index (χ1n) is 5.95. The molecular weight excluding hydrogens is 218 g/mol. The molecule has 1 unspecified atom stereocenters. The topological polar surface area (TPSA) is 58.6 Å². The third-order valence-electron chi connectivity index (χ3n) is 2.84. The summed E-state index contributed by atoms with van der Waals surface area (Å²) in [6.45, 7) is 3.01. The lowest BCUT2D eigenvalue weighted by atomic mass is 10.0. The Morgan fingerprint density at radius 1 is 1.53 bits per heavy atom. The van der Waals surface area contributed by atoms with E-state index in [1.165, 1.54) is 0 Å². The molecule has 2 N–H and O–H groups in total. The fourth-order valence-electron chi connectivity index (χ4n) is 1.92. The standard InChI is InChI=1S/C13H17NO3/c1-2-3-11(15)9-4-5-12-10(8-9)13(16)14-6-7-17-12/h4-5,8,11,15H,2-3,6-7H2,1H3,(H,14,16). The molecule has 0 fully saturated rings. The van der Waals surface area contributed by atoms with Gasteiger partial charge in [0.15, 0.2) is 0 Å². The molecule has 1 aliphatic rings. The highest BCUT2D eigenvalue weighted by Gasteiger charge is 2.18. The Bertz CT molecular complexity index is 417. The van der Waals surface area contributed by atoms with E-state index in [2.05, 4.69) is 5.32 Å². The van der Waals surface area contributed by atoms with Crippen LogP contribution >= 0.6 is 0 Å². The van der Waals surface area contributed by atoms with Crippen LogP contribution < -0.4 is 10.1 Å². The lowest BCUT2D eigenvalue weighted by molar-refractivity contribution is 0.0957. The maximum atomic E-state index is 11.8. The summed E-state index contributed by atoms with van der Waals surface area (Å²) in [4.78, 5) is 11.8. The lowest BCUT2D eigenvalue weighted by Gasteiger charge is -2.12. The molecule has 0 saturated carbocycles. The minimum Gasteiger partial charge on any atom is -0.491 e. The molecular formula is C13H17NO3. The van der Waals surface area contributed by atoms with Crippen molar-refractivity contribution in [1.29, 1.82) is 0 Å². The normalized spacial score (nSPS) is 16.5. The van der Waals surface area contributed by atoms with E-state index in [-0.39, 0.29) is 5.91 Å². The van der Waals surface area contributed by atoms with E-state index in [1.807, 2.05) is 13.0 Å². The molecule has 1 amide bonds. The summed E-state index contributed by atoms with van der Waals surface area (Å²) in [7, 11) is 0. The van der Waals surface area contributed by atoms with Crippen molar-refractivity contribution in [3.8, 4) is 5.75 Å². The second-order valence-electron chi connectivity index (χ2n) is 4.16. The molecule has 0 saturated heterocycles. The second-order valence-corrected chi connectivity index (χ2v) is 4.16. The van der Waals surface area contributed by atoms with Crippen molar-refractivity contribution in [2.24, 2.45) is 0 Å². The Morgan fingerprint density at radius 3 is 3.12 bits per heavy atom. The van der Waals surface area contributed by atoms with Gasteiger partial charge in [-0.05, 0) is 24.1 Å². The average molecular weight is 235 g/mol. The highest BCUT2D eigenvalue weighted by atomic mass is 16.5. The molecule has 0 radical (unpaired) electrons. The smallest absolute Gasteiger partial charge is 0.255 e. The van der Waals surface area contributed by atoms with Gasteiger partial charge in [-0.25, -0.2) is 0 Å². The number of aliphatic hydroxyl groups excluding tert-OH is 1. The number of fused-ring (bicyclic) bond motifs is 1. The van der Waals surface area contributed by atoms with Gasteiger partial charge < -0.3 is 15.2 Å². The van der Waals surface area contributed by atoms with Gasteiger partial charge in [0.1, 0.15) is 12.4 Å². The molecule has 1 aromatic carbocycles. The Hall–Kier alpha value is -1.55. The van der Waals surface area contributed by atoms with E-state index in [4.69, 9.17) is 4.74 Å². The van der Waals surface area contributed by atoms with Crippen LogP contribution in [0, 0.1) is 0 Å². The van der Waals surface area contributed by atoms with E-state index in [1.54, 1.807) is 12.1 Å². The second kappa shape index (κ2) is 5.19. The molecule has 1 atom stereocenters. The van der Waals surface area contributed by atoms with Gasteiger partial charge in [0.2, 0.25) is 0 Å². The molecule has 0 spiro atoms. The maximum Gasteiger partial charge on any atom is 0.255 e. The molecule has 1 heterocycles. The molecule has 0 bridgehead atoms. The van der Waals surface area contributed by atoms with E-state index >= 15 is 0 Å². The Balaban J connectivity index is 2.31. The Labute approximate surface area is 101 Å². The highest BCUT2D eigenvalue weighted by molar-refractivity contribution is 5.97. The third-order valence-corrected chi connectivity index (χ3v) is 2.84. The first kappa shape index (κ1) is 11.9. The van der Waals surface area contributed by atoms with Gasteiger partial charge in [-0.15, -0.1) is 0 Å². The van der Waals surface area contributed by atoms with Gasteiger partial charge in [0, 0.05) is 0 Å². The summed E-state index contributed by atoms with van der Waals surface area (Å²) < 4.78 is 5.45. The molecule has 1 aliphatic heterocycles. The van der Waals surface area contributed by atoms with Crippen LogP contribution in [0.5, 0.6) is 5.75 Å². The summed E-state index contributed by atoms with van der Waals surface area (Å²) >= 11 is 0. The minimum absolute atomic E-state index is 0.136. The molecule has 0 aromatic heterocycles. The molecule has 17 heavy (non-hydrogen) atoms. The van der Waals surface area contributed by atoms with Crippen molar-refractivity contribution in [2.75, 3.05) is 13.2 Å². The van der Waals surface area contributed by atoms with Crippen molar-refractivity contribution in [3.05, 3.63) is 29.3 Å². The lowest BCUT2D eigenvalue weighted by Crippen LogP contribution is -2.24. The molecule has 4 nitrogen and oxygen atoms in total. The van der Waals surface area contributed by atoms with E-state index < -0.39 is 6.10 Å². The van der Waals surface area contributed by atoms with Crippen molar-refractivity contribution in [2.45, 2.75) is 25.9 Å². The monoisotopic (exact) mass is 235 g/mol. The SMILES string of the molecule is CCCC(O)c1ccc2c(c1)C(=O)NCCO2. The predicted molar refractivity (Wildman–Crippen MR) is 64.1 cm³/mol. The zero-order valence-electron chi connectivity index (χ0n) is 9.90. The fourth-order valence-corrected chi connectivity index (χ4v) is 1.92. The molecule has 0 aliphatic carbocycles. The summed E-state index contributed by atoms with van der Waals surface area (Å²) in [5.74, 6) is 0.454. The van der Waals surface area contributed by atoms with Crippen LogP contribution in [0.25, 0.3) is 0 Å². The number of carbonyl (C=O) groups is 1. The number of nitrogens with one attached hydrogen (secondary N) is 1. The van der Waals surface area contributed by atoms with Crippen LogP contribution in [-0.2, 0) is 0 Å². The molecule has 2 rings (SSSR count). The predicted octanol–water partition coefficient (Wildman–Crippen LogP) is 1.64. The zero-order chi connectivity index (χ0) is 12.3. The van der Waals surface area contributed by atoms with Gasteiger partial charge in [0.05, 0.1) is 18.2 Å². The van der Waals surface area contributed by atoms with Gasteiger partial charge >= 0.3 is 0 Å². The number of benzene rings is 1. The van der Waals surface area contributed by atoms with E-state index in [0.29, 0.717) is 30.9 Å². The van der Waals surface area contributed by atoms with Crippen molar-refractivity contribution in [3.63, 3.8) is 0 Å². The first-order chi connectivity index (χ1) is 8.22. The van der Waals surface area contributed by atoms with Crippen molar-refractivity contribution < 1.29 is 14.6 Å². The summed E-state index contributed by atoms with van der Waals surface area (Å²) in [6.07, 6.45) is 1.09. The van der Waals surface area contributed by atoms with Crippen LogP contribution in [0.15, 0.2) is 18.2 Å². The molecule has 1 aromatic rings. The maximum absolute atomic E-state index is 11.8. The number of ether oxygens (including phenoxy) is 1. The zero-order valence-corrected chi connectivity index (χ0v) is 9.90. The van der Waals surface area contributed by atoms with Crippen molar-refractivity contribution in [1.82, 2.24) is 5.32 Å². The number of carbonyl (C=O) groups excluding carboxylic acids is 1. The van der Waals surface area contributed by atoms with E-state index in [9.17, 15) is 9.90 Å². The first-order valence-corrected chi connectivity index (χ1v) is 5.95. The Morgan fingerprint density at radius 2 is 2.35 bits per heavy atom. The summed E-state index contributed by atoms with van der Waals surface area (Å²) in [5, 5.41) is 12.7.